The van der Waals surface area contributed by atoms with E-state index in [4.69, 9.17) is 58.0 Å². The van der Waals surface area contributed by atoms with Crippen LogP contribution in [0.5, 0.6) is 0 Å². The van der Waals surface area contributed by atoms with Gasteiger partial charge in [-0.1, -0.05) is 58.0 Å². The van der Waals surface area contributed by atoms with E-state index in [0.29, 0.717) is 31.0 Å². The van der Waals surface area contributed by atoms with Crippen LogP contribution in [-0.2, 0) is 9.59 Å². The van der Waals surface area contributed by atoms with E-state index in [-0.39, 0.29) is 29.1 Å². The van der Waals surface area contributed by atoms with E-state index in [1.165, 1.54) is 12.4 Å². The maximum Gasteiger partial charge on any atom is 0.226 e. The minimum atomic E-state index is -0.164. The fraction of sp³-hybridized carbons (Fsp3) is 0.538. The average Bonchev–Trinajstić information content (AvgIpc) is 3.46. The number of nitrogens with zero attached hydrogens (tertiary/aromatic N) is 3. The number of anilines is 1. The maximum atomic E-state index is 11.9. The van der Waals surface area contributed by atoms with Crippen LogP contribution in [0.2, 0.25) is 25.1 Å². The third-order valence-corrected chi connectivity index (χ3v) is 9.69. The zero-order chi connectivity index (χ0) is 28.0. The van der Waals surface area contributed by atoms with E-state index in [1.54, 1.807) is 12.4 Å². The molecule has 2 spiro atoms. The summed E-state index contributed by atoms with van der Waals surface area (Å²) in [5.74, 6) is 0.498. The Balaban J connectivity index is 0.000000179. The Morgan fingerprint density at radius 1 is 0.625 bits per heavy atom. The Labute approximate surface area is 265 Å². The third-order valence-electron chi connectivity index (χ3n) is 7.96. The fourth-order valence-corrected chi connectivity index (χ4v) is 6.62. The number of aromatic nitrogens is 2. The Morgan fingerprint density at radius 2 is 1.02 bits per heavy atom. The zero-order valence-corrected chi connectivity index (χ0v) is 26.3. The van der Waals surface area contributed by atoms with Crippen LogP contribution in [-0.4, -0.2) is 61.1 Å². The number of carbonyl (C=O) groups excluding carboxylic acids is 2. The molecule has 4 fully saturated rings. The van der Waals surface area contributed by atoms with Gasteiger partial charge in [0.1, 0.15) is 0 Å². The number of pyridine rings is 2. The number of piperidine rings is 2. The van der Waals surface area contributed by atoms with Gasteiger partial charge < -0.3 is 20.9 Å². The van der Waals surface area contributed by atoms with E-state index in [1.807, 2.05) is 0 Å². The van der Waals surface area contributed by atoms with E-state index < -0.39 is 0 Å². The van der Waals surface area contributed by atoms with Crippen molar-refractivity contribution in [3.05, 3.63) is 49.9 Å². The fourth-order valence-electron chi connectivity index (χ4n) is 5.55. The lowest BCUT2D eigenvalue weighted by Crippen LogP contribution is -2.44. The minimum absolute atomic E-state index is 0. The maximum absolute atomic E-state index is 11.9. The summed E-state index contributed by atoms with van der Waals surface area (Å²) in [5.41, 5.74) is 0.694. The monoisotopic (exact) mass is 670 g/mol. The van der Waals surface area contributed by atoms with Crippen LogP contribution in [0.1, 0.15) is 38.5 Å². The van der Waals surface area contributed by atoms with E-state index >= 15 is 0 Å². The first-order valence-corrected chi connectivity index (χ1v) is 14.8. The van der Waals surface area contributed by atoms with Crippen molar-refractivity contribution >= 4 is 87.9 Å². The SMILES string of the molecule is Cl.Clc1cncc(Cl)c1Cl.O=C1NCCC12CCN(c1c(Cl)cncc1Cl)CC2.O=C1NCCC12CCNCC2. The lowest BCUT2D eigenvalue weighted by atomic mass is 9.77. The molecule has 0 radical (unpaired) electrons. The van der Waals surface area contributed by atoms with Gasteiger partial charge in [0.05, 0.1) is 41.6 Å². The molecule has 0 saturated carbocycles. The first-order chi connectivity index (χ1) is 18.7. The number of amides is 2. The standard InChI is InChI=1S/C13H15Cl2N3O.C8H14N2O.C5H2Cl3N.ClH/c14-9-7-16-8-10(15)11(9)18-5-2-13(3-6-18)1-4-17-12(13)19;11-7-8(3-6-10-7)1-4-9-5-2-8;6-3-1-9-2-4(7)5(3)8;/h7-8H,1-6H2,(H,17,19);9H,1-6H2,(H,10,11);1-2H;1H. The lowest BCUT2D eigenvalue weighted by Gasteiger charge is -2.39. The Morgan fingerprint density at radius 3 is 1.43 bits per heavy atom. The Bertz CT molecular complexity index is 1150. The minimum Gasteiger partial charge on any atom is -0.369 e. The highest BCUT2D eigenvalue weighted by Gasteiger charge is 2.45. The number of nitrogens with one attached hydrogen (secondary N) is 3. The van der Waals surface area contributed by atoms with Gasteiger partial charge in [-0.25, -0.2) is 0 Å². The summed E-state index contributed by atoms with van der Waals surface area (Å²) >= 11 is 29.0. The van der Waals surface area contributed by atoms with Crippen LogP contribution in [0, 0.1) is 10.8 Å². The van der Waals surface area contributed by atoms with Crippen molar-refractivity contribution in [1.82, 2.24) is 25.9 Å². The van der Waals surface area contributed by atoms with Gasteiger partial charge in [0, 0.05) is 51.0 Å². The molecule has 0 bridgehead atoms. The smallest absolute Gasteiger partial charge is 0.226 e. The quantitative estimate of drug-likeness (QED) is 0.353. The summed E-state index contributed by atoms with van der Waals surface area (Å²) in [6, 6.07) is 0. The molecule has 220 valence electrons. The summed E-state index contributed by atoms with van der Waals surface area (Å²) < 4.78 is 0. The first kappa shape index (κ1) is 33.2. The van der Waals surface area contributed by atoms with Crippen molar-refractivity contribution in [2.75, 3.05) is 44.2 Å². The predicted molar refractivity (Wildman–Crippen MR) is 164 cm³/mol. The van der Waals surface area contributed by atoms with Gasteiger partial charge in [0.25, 0.3) is 0 Å². The van der Waals surface area contributed by atoms with Crippen molar-refractivity contribution in [3.63, 3.8) is 0 Å². The summed E-state index contributed by atoms with van der Waals surface area (Å²) in [6.07, 6.45) is 11.8. The normalized spacial score (nSPS) is 20.5. The molecule has 2 aromatic heterocycles. The van der Waals surface area contributed by atoms with Crippen molar-refractivity contribution < 1.29 is 9.59 Å². The second-order valence-corrected chi connectivity index (χ2v) is 12.2. The number of hydrogen-bond acceptors (Lipinski definition) is 6. The molecule has 0 atom stereocenters. The predicted octanol–water partition coefficient (Wildman–Crippen LogP) is 5.83. The first-order valence-electron chi connectivity index (χ1n) is 12.9. The highest BCUT2D eigenvalue weighted by Crippen LogP contribution is 2.42. The van der Waals surface area contributed by atoms with Gasteiger partial charge in [0.2, 0.25) is 11.8 Å². The van der Waals surface area contributed by atoms with E-state index in [9.17, 15) is 9.59 Å². The van der Waals surface area contributed by atoms with Gasteiger partial charge in [-0.05, 0) is 51.6 Å². The number of carbonyl (C=O) groups is 2. The molecule has 2 aromatic rings. The molecule has 6 rings (SSSR count). The lowest BCUT2D eigenvalue weighted by molar-refractivity contribution is -0.129. The van der Waals surface area contributed by atoms with Crippen molar-refractivity contribution in [2.24, 2.45) is 10.8 Å². The van der Waals surface area contributed by atoms with Gasteiger partial charge >= 0.3 is 0 Å². The number of halogens is 6. The molecule has 4 aliphatic heterocycles. The summed E-state index contributed by atoms with van der Waals surface area (Å²) in [6.45, 7) is 5.31. The molecule has 8 nitrogen and oxygen atoms in total. The van der Waals surface area contributed by atoms with Crippen molar-refractivity contribution in [1.29, 1.82) is 0 Å². The molecule has 40 heavy (non-hydrogen) atoms. The highest BCUT2D eigenvalue weighted by molar-refractivity contribution is 6.47. The van der Waals surface area contributed by atoms with E-state index in [2.05, 4.69) is 30.8 Å². The van der Waals surface area contributed by atoms with Crippen LogP contribution in [0.15, 0.2) is 24.8 Å². The third kappa shape index (κ3) is 7.57. The summed E-state index contributed by atoms with van der Waals surface area (Å²) in [4.78, 5) is 33.2. The second-order valence-electron chi connectivity index (χ2n) is 10.2. The molecule has 2 amide bonds. The molecule has 0 aromatic carbocycles. The van der Waals surface area contributed by atoms with Crippen LogP contribution in [0.4, 0.5) is 5.69 Å². The molecule has 0 unspecified atom stereocenters. The topological polar surface area (TPSA) is 99.2 Å². The Kier molecular flexibility index (Phi) is 12.3. The van der Waals surface area contributed by atoms with Crippen molar-refractivity contribution in [2.45, 2.75) is 38.5 Å². The van der Waals surface area contributed by atoms with Crippen LogP contribution < -0.4 is 20.9 Å². The van der Waals surface area contributed by atoms with E-state index in [0.717, 1.165) is 83.5 Å². The van der Waals surface area contributed by atoms with Crippen LogP contribution in [0.25, 0.3) is 0 Å². The second kappa shape index (κ2) is 14.8. The molecular formula is C26H32Cl6N6O2. The molecular weight excluding hydrogens is 641 g/mol. The molecule has 0 aliphatic carbocycles. The van der Waals surface area contributed by atoms with Gasteiger partial charge in [0.15, 0.2) is 0 Å². The molecule has 6 heterocycles. The highest BCUT2D eigenvalue weighted by atomic mass is 35.5. The zero-order valence-electron chi connectivity index (χ0n) is 21.8. The summed E-state index contributed by atoms with van der Waals surface area (Å²) in [5, 5.41) is 11.4. The molecule has 3 N–H and O–H groups in total. The largest absolute Gasteiger partial charge is 0.369 e. The van der Waals surface area contributed by atoms with Gasteiger partial charge in [-0.2, -0.15) is 0 Å². The molecule has 4 aliphatic rings. The van der Waals surface area contributed by atoms with Gasteiger partial charge in [-0.3, -0.25) is 19.6 Å². The number of rotatable bonds is 1. The molecule has 14 heteroatoms. The van der Waals surface area contributed by atoms with Crippen LogP contribution >= 0.6 is 70.4 Å². The number of hydrogen-bond donors (Lipinski definition) is 3. The molecule has 4 saturated heterocycles. The van der Waals surface area contributed by atoms with Gasteiger partial charge in [-0.15, -0.1) is 12.4 Å². The van der Waals surface area contributed by atoms with Crippen molar-refractivity contribution in [3.8, 4) is 0 Å². The average molecular weight is 673 g/mol. The van der Waals surface area contributed by atoms with Crippen LogP contribution in [0.3, 0.4) is 0 Å². The summed E-state index contributed by atoms with van der Waals surface area (Å²) in [7, 11) is 0. The Hall–Kier alpha value is -1.26.